The molecule has 1 saturated carbocycles. The molecule has 1 fully saturated rings. The van der Waals surface area contributed by atoms with Crippen molar-refractivity contribution in [1.82, 2.24) is 10.2 Å². The van der Waals surface area contributed by atoms with Crippen LogP contribution in [0.25, 0.3) is 0 Å². The number of nitrogens with zero attached hydrogens (tertiary/aromatic N) is 2. The van der Waals surface area contributed by atoms with Crippen LogP contribution in [0.4, 0.5) is 5.69 Å². The molecule has 230 valence electrons. The third kappa shape index (κ3) is 7.87. The molecule has 0 unspecified atom stereocenters. The Kier molecular flexibility index (Phi) is 10.7. The molecule has 1 N–H and O–H groups in total. The number of methoxy groups -OCH3 is 2. The number of aryl methyl sites for hydroxylation is 1. The van der Waals surface area contributed by atoms with Gasteiger partial charge in [0, 0.05) is 18.7 Å². The summed E-state index contributed by atoms with van der Waals surface area (Å²) in [5.41, 5.74) is 2.08. The van der Waals surface area contributed by atoms with Crippen LogP contribution in [0, 0.1) is 6.92 Å². The summed E-state index contributed by atoms with van der Waals surface area (Å²) in [5.74, 6) is -0.0279. The highest BCUT2D eigenvalue weighted by atomic mass is 32.2. The highest BCUT2D eigenvalue weighted by Gasteiger charge is 2.33. The van der Waals surface area contributed by atoms with Crippen molar-refractivity contribution in [1.29, 1.82) is 0 Å². The second-order valence-corrected chi connectivity index (χ2v) is 12.8. The van der Waals surface area contributed by atoms with Crippen LogP contribution in [0.5, 0.6) is 11.5 Å². The lowest BCUT2D eigenvalue weighted by molar-refractivity contribution is -0.139. The molecule has 2 amide bonds. The lowest BCUT2D eigenvalue weighted by Crippen LogP contribution is -2.53. The van der Waals surface area contributed by atoms with E-state index in [0.29, 0.717) is 11.5 Å². The van der Waals surface area contributed by atoms with Crippen molar-refractivity contribution >= 4 is 27.5 Å². The number of rotatable bonds is 12. The van der Waals surface area contributed by atoms with E-state index in [9.17, 15) is 18.0 Å². The molecule has 0 aliphatic heterocycles. The summed E-state index contributed by atoms with van der Waals surface area (Å²) < 4.78 is 39.9. The Bertz CT molecular complexity index is 1510. The van der Waals surface area contributed by atoms with Crippen molar-refractivity contribution in [2.45, 2.75) is 69.5 Å². The first kappa shape index (κ1) is 31.9. The van der Waals surface area contributed by atoms with Crippen molar-refractivity contribution in [2.75, 3.05) is 25.1 Å². The number of hydrogen-bond donors (Lipinski definition) is 1. The fourth-order valence-corrected chi connectivity index (χ4v) is 6.81. The van der Waals surface area contributed by atoms with Gasteiger partial charge >= 0.3 is 0 Å². The molecule has 0 saturated heterocycles. The third-order valence-electron chi connectivity index (χ3n) is 7.82. The zero-order chi connectivity index (χ0) is 31.0. The van der Waals surface area contributed by atoms with Crippen molar-refractivity contribution in [2.24, 2.45) is 0 Å². The molecule has 0 aromatic heterocycles. The van der Waals surface area contributed by atoms with Crippen LogP contribution in [0.15, 0.2) is 77.7 Å². The molecule has 43 heavy (non-hydrogen) atoms. The van der Waals surface area contributed by atoms with Gasteiger partial charge in [0.25, 0.3) is 10.0 Å². The summed E-state index contributed by atoms with van der Waals surface area (Å²) in [6.07, 6.45) is 5.09. The molecule has 1 aliphatic carbocycles. The number of amides is 2. The first-order valence-corrected chi connectivity index (χ1v) is 16.0. The van der Waals surface area contributed by atoms with Gasteiger partial charge in [0.05, 0.1) is 24.8 Å². The van der Waals surface area contributed by atoms with Crippen LogP contribution >= 0.6 is 0 Å². The molecule has 4 rings (SSSR count). The molecule has 9 nitrogen and oxygen atoms in total. The normalized spacial score (nSPS) is 14.4. The van der Waals surface area contributed by atoms with Gasteiger partial charge in [-0.15, -0.1) is 0 Å². The first-order valence-electron chi connectivity index (χ1n) is 14.6. The zero-order valence-electron chi connectivity index (χ0n) is 25.3. The molecular formula is C33H41N3O6S. The summed E-state index contributed by atoms with van der Waals surface area (Å²) in [4.78, 5) is 29.2. The van der Waals surface area contributed by atoms with E-state index in [0.717, 1.165) is 47.5 Å². The minimum Gasteiger partial charge on any atom is -0.493 e. The molecule has 0 heterocycles. The van der Waals surface area contributed by atoms with E-state index < -0.39 is 28.5 Å². The van der Waals surface area contributed by atoms with Crippen molar-refractivity contribution in [3.05, 3.63) is 83.9 Å². The van der Waals surface area contributed by atoms with Gasteiger partial charge in [0.1, 0.15) is 12.6 Å². The van der Waals surface area contributed by atoms with Crippen molar-refractivity contribution in [3.63, 3.8) is 0 Å². The number of carbonyl (C=O) groups excluding carboxylic acids is 2. The van der Waals surface area contributed by atoms with E-state index in [4.69, 9.17) is 9.47 Å². The van der Waals surface area contributed by atoms with Gasteiger partial charge in [-0.25, -0.2) is 8.42 Å². The molecule has 0 spiro atoms. The number of hydrogen-bond acceptors (Lipinski definition) is 6. The molecular weight excluding hydrogens is 566 g/mol. The van der Waals surface area contributed by atoms with Gasteiger partial charge in [-0.2, -0.15) is 0 Å². The number of ether oxygens (including phenoxy) is 2. The van der Waals surface area contributed by atoms with Crippen molar-refractivity contribution in [3.8, 4) is 11.5 Å². The summed E-state index contributed by atoms with van der Waals surface area (Å²) >= 11 is 0. The van der Waals surface area contributed by atoms with E-state index in [-0.39, 0.29) is 29.1 Å². The number of benzene rings is 3. The fraction of sp³-hybridized carbons (Fsp3) is 0.394. The Morgan fingerprint density at radius 3 is 2.26 bits per heavy atom. The van der Waals surface area contributed by atoms with E-state index in [1.807, 2.05) is 31.2 Å². The Balaban J connectivity index is 1.71. The quantitative estimate of drug-likeness (QED) is 0.308. The fourth-order valence-electron chi connectivity index (χ4n) is 5.39. The van der Waals surface area contributed by atoms with Crippen LogP contribution in [0.1, 0.15) is 50.2 Å². The number of sulfonamides is 1. The number of anilines is 1. The van der Waals surface area contributed by atoms with Crippen LogP contribution in [0.3, 0.4) is 0 Å². The van der Waals surface area contributed by atoms with E-state index in [1.54, 1.807) is 37.3 Å². The van der Waals surface area contributed by atoms with Gasteiger partial charge in [0.2, 0.25) is 11.8 Å². The number of nitrogens with one attached hydrogen (secondary N) is 1. The average Bonchev–Trinajstić information content (AvgIpc) is 3.02. The maximum atomic E-state index is 14.2. The smallest absolute Gasteiger partial charge is 0.264 e. The predicted molar refractivity (Wildman–Crippen MR) is 167 cm³/mol. The van der Waals surface area contributed by atoms with Crippen molar-refractivity contribution < 1.29 is 27.5 Å². The minimum absolute atomic E-state index is 0.0332. The van der Waals surface area contributed by atoms with Gasteiger partial charge in [0.15, 0.2) is 11.5 Å². The maximum absolute atomic E-state index is 14.2. The summed E-state index contributed by atoms with van der Waals surface area (Å²) in [6, 6.07) is 19.6. The van der Waals surface area contributed by atoms with Crippen LogP contribution < -0.4 is 19.1 Å². The Morgan fingerprint density at radius 1 is 0.907 bits per heavy atom. The molecule has 0 bridgehead atoms. The molecule has 1 aliphatic rings. The lowest BCUT2D eigenvalue weighted by Gasteiger charge is -2.33. The Labute approximate surface area is 254 Å². The lowest BCUT2D eigenvalue weighted by atomic mass is 9.95. The van der Waals surface area contributed by atoms with Crippen LogP contribution in [-0.4, -0.2) is 58.0 Å². The second kappa shape index (κ2) is 14.4. The van der Waals surface area contributed by atoms with E-state index in [2.05, 4.69) is 5.32 Å². The molecule has 3 aromatic rings. The predicted octanol–water partition coefficient (Wildman–Crippen LogP) is 5.07. The molecule has 10 heteroatoms. The Morgan fingerprint density at radius 2 is 1.60 bits per heavy atom. The third-order valence-corrected chi connectivity index (χ3v) is 9.61. The minimum atomic E-state index is -4.19. The number of carbonyl (C=O) groups is 2. The molecule has 1 atom stereocenters. The highest BCUT2D eigenvalue weighted by Crippen LogP contribution is 2.34. The highest BCUT2D eigenvalue weighted by molar-refractivity contribution is 7.92. The van der Waals surface area contributed by atoms with Gasteiger partial charge in [-0.3, -0.25) is 13.9 Å². The van der Waals surface area contributed by atoms with Crippen LogP contribution in [-0.2, 0) is 26.2 Å². The zero-order valence-corrected chi connectivity index (χ0v) is 26.1. The topological polar surface area (TPSA) is 105 Å². The van der Waals surface area contributed by atoms with Gasteiger partial charge in [-0.05, 0) is 56.5 Å². The average molecular weight is 608 g/mol. The first-order chi connectivity index (χ1) is 20.6. The SMILES string of the molecule is COc1ccc(N(CC(=O)N(Cc2cccc(C)c2)[C@H](C)C(=O)NC2CCCCC2)S(=O)(=O)c2ccccc2)cc1OC. The van der Waals surface area contributed by atoms with Gasteiger partial charge < -0.3 is 19.7 Å². The summed E-state index contributed by atoms with van der Waals surface area (Å²) in [6.45, 7) is 3.27. The van der Waals surface area contributed by atoms with E-state index in [1.165, 1.54) is 37.3 Å². The summed E-state index contributed by atoms with van der Waals surface area (Å²) in [7, 11) is -1.24. The summed E-state index contributed by atoms with van der Waals surface area (Å²) in [5, 5.41) is 3.12. The maximum Gasteiger partial charge on any atom is 0.264 e. The second-order valence-electron chi connectivity index (χ2n) is 10.9. The molecule has 0 radical (unpaired) electrons. The Hall–Kier alpha value is -4.05. The van der Waals surface area contributed by atoms with Crippen LogP contribution in [0.2, 0.25) is 0 Å². The largest absolute Gasteiger partial charge is 0.493 e. The standard InChI is InChI=1S/C33H41N3O6S/c1-24-12-11-13-26(20-24)22-35(25(2)33(38)34-27-14-7-5-8-15-27)32(37)23-36(43(39,40)29-16-9-6-10-17-29)28-18-19-30(41-3)31(21-28)42-4/h6,9-13,16-21,25,27H,5,7-8,14-15,22-23H2,1-4H3,(H,34,38)/t25-/m1/s1. The van der Waals surface area contributed by atoms with Gasteiger partial charge in [-0.1, -0.05) is 67.3 Å². The van der Waals surface area contributed by atoms with E-state index >= 15 is 0 Å². The molecule has 3 aromatic carbocycles. The monoisotopic (exact) mass is 607 g/mol.